The summed E-state index contributed by atoms with van der Waals surface area (Å²) in [6, 6.07) is 3.60. The molecule has 0 atom stereocenters. The van der Waals surface area contributed by atoms with E-state index in [4.69, 9.17) is 21.1 Å². The molecule has 0 aliphatic rings. The molecule has 0 unspecified atom stereocenters. The molecule has 2 aromatic rings. The molecule has 3 nitrogen and oxygen atoms in total. The molecule has 1 aromatic heterocycles. The maximum Gasteiger partial charge on any atom is 0.133 e. The predicted molar refractivity (Wildman–Crippen MR) is 67.6 cm³/mol. The summed E-state index contributed by atoms with van der Waals surface area (Å²) in [6.07, 6.45) is 1.66. The highest BCUT2D eigenvalue weighted by Gasteiger charge is 2.12. The van der Waals surface area contributed by atoms with Gasteiger partial charge in [-0.2, -0.15) is 0 Å². The second kappa shape index (κ2) is 4.47. The van der Waals surface area contributed by atoms with E-state index in [2.05, 4.69) is 20.9 Å². The zero-order valence-corrected chi connectivity index (χ0v) is 11.1. The average Bonchev–Trinajstić information content (AvgIpc) is 2.32. The molecule has 5 heteroatoms. The summed E-state index contributed by atoms with van der Waals surface area (Å²) < 4.78 is 11.2. The second-order valence-electron chi connectivity index (χ2n) is 3.14. The first-order valence-corrected chi connectivity index (χ1v) is 5.70. The molecule has 84 valence electrons. The minimum absolute atomic E-state index is 0.588. The van der Waals surface area contributed by atoms with Crippen molar-refractivity contribution < 1.29 is 9.47 Å². The molecule has 0 amide bonds. The Morgan fingerprint density at radius 3 is 2.62 bits per heavy atom. The van der Waals surface area contributed by atoms with Gasteiger partial charge < -0.3 is 9.47 Å². The number of methoxy groups -OCH3 is 2. The van der Waals surface area contributed by atoms with Crippen molar-refractivity contribution >= 4 is 38.4 Å². The maximum atomic E-state index is 6.20. The van der Waals surface area contributed by atoms with Gasteiger partial charge in [-0.1, -0.05) is 11.6 Å². The largest absolute Gasteiger partial charge is 0.497 e. The van der Waals surface area contributed by atoms with Gasteiger partial charge in [-0.3, -0.25) is 4.98 Å². The van der Waals surface area contributed by atoms with Gasteiger partial charge in [-0.15, -0.1) is 0 Å². The fourth-order valence-corrected chi connectivity index (χ4v) is 2.02. The molecule has 0 N–H and O–H groups in total. The molecule has 0 saturated heterocycles. The van der Waals surface area contributed by atoms with Crippen LogP contribution in [-0.4, -0.2) is 19.2 Å². The number of pyridine rings is 1. The number of rotatable bonds is 2. The van der Waals surface area contributed by atoms with Gasteiger partial charge in [0, 0.05) is 18.3 Å². The fraction of sp³-hybridized carbons (Fsp3) is 0.182. The Hall–Kier alpha value is -1.00. The first kappa shape index (κ1) is 11.5. The van der Waals surface area contributed by atoms with Crippen molar-refractivity contribution in [2.45, 2.75) is 0 Å². The molecule has 0 saturated carbocycles. The highest BCUT2D eigenvalue weighted by Crippen LogP contribution is 2.38. The van der Waals surface area contributed by atoms with Crippen LogP contribution in [0.4, 0.5) is 0 Å². The van der Waals surface area contributed by atoms with E-state index in [1.165, 1.54) is 0 Å². The third-order valence-electron chi connectivity index (χ3n) is 2.26. The van der Waals surface area contributed by atoms with Gasteiger partial charge in [-0.25, -0.2) is 0 Å². The molecule has 0 fully saturated rings. The van der Waals surface area contributed by atoms with Gasteiger partial charge in [0.15, 0.2) is 0 Å². The van der Waals surface area contributed by atoms with Crippen LogP contribution in [0.1, 0.15) is 0 Å². The molecule has 0 radical (unpaired) electrons. The molecule has 1 heterocycles. The quantitative estimate of drug-likeness (QED) is 0.848. The van der Waals surface area contributed by atoms with Gasteiger partial charge in [-0.05, 0) is 15.9 Å². The number of fused-ring (bicyclic) bond motifs is 1. The van der Waals surface area contributed by atoms with Crippen molar-refractivity contribution in [1.82, 2.24) is 4.98 Å². The van der Waals surface area contributed by atoms with Crippen molar-refractivity contribution in [2.24, 2.45) is 0 Å². The molecule has 1 aromatic carbocycles. The number of halogens is 2. The highest BCUT2D eigenvalue weighted by molar-refractivity contribution is 9.10. The third kappa shape index (κ3) is 1.83. The SMILES string of the molecule is COc1cc(OC)c2c(Cl)c(Br)cnc2c1. The van der Waals surface area contributed by atoms with Gasteiger partial charge in [0.1, 0.15) is 11.5 Å². The van der Waals surface area contributed by atoms with Crippen molar-refractivity contribution in [1.29, 1.82) is 0 Å². The van der Waals surface area contributed by atoms with Crippen LogP contribution in [0.15, 0.2) is 22.8 Å². The molecule has 16 heavy (non-hydrogen) atoms. The topological polar surface area (TPSA) is 31.4 Å². The van der Waals surface area contributed by atoms with Gasteiger partial charge in [0.25, 0.3) is 0 Å². The average molecular weight is 303 g/mol. The number of aromatic nitrogens is 1. The van der Waals surface area contributed by atoms with Gasteiger partial charge >= 0.3 is 0 Å². The Morgan fingerprint density at radius 1 is 1.25 bits per heavy atom. The summed E-state index contributed by atoms with van der Waals surface area (Å²) in [7, 11) is 3.19. The lowest BCUT2D eigenvalue weighted by atomic mass is 10.2. The molecule has 0 bridgehead atoms. The first-order valence-electron chi connectivity index (χ1n) is 4.53. The fourth-order valence-electron chi connectivity index (χ4n) is 1.48. The molecule has 0 spiro atoms. The van der Waals surface area contributed by atoms with Gasteiger partial charge in [0.05, 0.1) is 34.6 Å². The number of hydrogen-bond acceptors (Lipinski definition) is 3. The molecule has 0 aliphatic carbocycles. The third-order valence-corrected chi connectivity index (χ3v) is 3.48. The Kier molecular flexibility index (Phi) is 3.21. The Morgan fingerprint density at radius 2 is 2.00 bits per heavy atom. The summed E-state index contributed by atoms with van der Waals surface area (Å²) in [5, 5.41) is 1.36. The van der Waals surface area contributed by atoms with Gasteiger partial charge in [0.2, 0.25) is 0 Å². The minimum atomic E-state index is 0.588. The van der Waals surface area contributed by atoms with E-state index in [9.17, 15) is 0 Å². The molecule has 2 rings (SSSR count). The number of ether oxygens (including phenoxy) is 2. The van der Waals surface area contributed by atoms with Crippen LogP contribution < -0.4 is 9.47 Å². The van der Waals surface area contributed by atoms with Crippen LogP contribution in [-0.2, 0) is 0 Å². The summed E-state index contributed by atoms with van der Waals surface area (Å²) in [6.45, 7) is 0. The summed E-state index contributed by atoms with van der Waals surface area (Å²) in [5.74, 6) is 1.34. The zero-order valence-electron chi connectivity index (χ0n) is 8.75. The second-order valence-corrected chi connectivity index (χ2v) is 4.38. The standard InChI is InChI=1S/C11H9BrClNO2/c1-15-6-3-8-10(9(4-6)16-2)11(13)7(12)5-14-8/h3-5H,1-2H3. The van der Waals surface area contributed by atoms with E-state index in [0.717, 1.165) is 15.4 Å². The minimum Gasteiger partial charge on any atom is -0.497 e. The van der Waals surface area contributed by atoms with E-state index in [0.29, 0.717) is 16.5 Å². The van der Waals surface area contributed by atoms with Crippen molar-refractivity contribution in [3.63, 3.8) is 0 Å². The number of nitrogens with zero attached hydrogens (tertiary/aromatic N) is 1. The highest BCUT2D eigenvalue weighted by atomic mass is 79.9. The van der Waals surface area contributed by atoms with Crippen LogP contribution in [0.3, 0.4) is 0 Å². The Bertz CT molecular complexity index is 545. The van der Waals surface area contributed by atoms with Crippen molar-refractivity contribution in [2.75, 3.05) is 14.2 Å². The summed E-state index contributed by atoms with van der Waals surface area (Å²) in [5.41, 5.74) is 0.740. The Balaban J connectivity index is 2.84. The van der Waals surface area contributed by atoms with Crippen LogP contribution in [0.5, 0.6) is 11.5 Å². The first-order chi connectivity index (χ1) is 7.67. The predicted octanol–water partition coefficient (Wildman–Crippen LogP) is 3.67. The molecular weight excluding hydrogens is 293 g/mol. The van der Waals surface area contributed by atoms with Crippen molar-refractivity contribution in [3.8, 4) is 11.5 Å². The smallest absolute Gasteiger partial charge is 0.133 e. The van der Waals surface area contributed by atoms with E-state index in [-0.39, 0.29) is 0 Å². The molecule has 0 aliphatic heterocycles. The summed E-state index contributed by atoms with van der Waals surface area (Å²) in [4.78, 5) is 4.27. The van der Waals surface area contributed by atoms with Crippen LogP contribution >= 0.6 is 27.5 Å². The normalized spacial score (nSPS) is 10.5. The van der Waals surface area contributed by atoms with Crippen LogP contribution in [0, 0.1) is 0 Å². The monoisotopic (exact) mass is 301 g/mol. The van der Waals surface area contributed by atoms with Crippen molar-refractivity contribution in [3.05, 3.63) is 27.8 Å². The lowest BCUT2D eigenvalue weighted by molar-refractivity contribution is 0.398. The lowest BCUT2D eigenvalue weighted by Gasteiger charge is -2.10. The van der Waals surface area contributed by atoms with Crippen LogP contribution in [0.25, 0.3) is 10.9 Å². The number of hydrogen-bond donors (Lipinski definition) is 0. The van der Waals surface area contributed by atoms with E-state index in [1.807, 2.05) is 6.07 Å². The molecular formula is C11H9BrClNO2. The lowest BCUT2D eigenvalue weighted by Crippen LogP contribution is -1.91. The zero-order chi connectivity index (χ0) is 11.7. The van der Waals surface area contributed by atoms with Crippen LogP contribution in [0.2, 0.25) is 5.02 Å². The Labute approximate surface area is 106 Å². The van der Waals surface area contributed by atoms with E-state index in [1.54, 1.807) is 26.5 Å². The maximum absolute atomic E-state index is 6.20. The van der Waals surface area contributed by atoms with E-state index < -0.39 is 0 Å². The number of benzene rings is 1. The van der Waals surface area contributed by atoms with E-state index >= 15 is 0 Å². The summed E-state index contributed by atoms with van der Waals surface area (Å²) >= 11 is 9.53.